The minimum atomic E-state index is -0.0991. The average Bonchev–Trinajstić information content (AvgIpc) is 2.54. The van der Waals surface area contributed by atoms with Crippen molar-refractivity contribution in [1.29, 1.82) is 0 Å². The second-order valence-electron chi connectivity index (χ2n) is 5.25. The van der Waals surface area contributed by atoms with Crippen molar-refractivity contribution in [3.8, 4) is 0 Å². The zero-order chi connectivity index (χ0) is 16.7. The molecule has 0 spiro atoms. The summed E-state index contributed by atoms with van der Waals surface area (Å²) in [5, 5.41) is 3.63. The molecule has 23 heavy (non-hydrogen) atoms. The van der Waals surface area contributed by atoms with Gasteiger partial charge in [-0.25, -0.2) is 0 Å². The molecular weight excluding hydrogens is 328 g/mol. The van der Waals surface area contributed by atoms with Crippen molar-refractivity contribution in [2.24, 2.45) is 0 Å². The van der Waals surface area contributed by atoms with Crippen molar-refractivity contribution in [2.45, 2.75) is 29.9 Å². The summed E-state index contributed by atoms with van der Waals surface area (Å²) < 4.78 is 0. The zero-order valence-corrected chi connectivity index (χ0v) is 14.7. The lowest BCUT2D eigenvalue weighted by atomic mass is 10.1. The van der Waals surface area contributed by atoms with E-state index < -0.39 is 0 Å². The van der Waals surface area contributed by atoms with Gasteiger partial charge in [0.15, 0.2) is 0 Å². The number of benzene rings is 2. The molecule has 1 unspecified atom stereocenters. The van der Waals surface area contributed by atoms with E-state index in [4.69, 9.17) is 17.3 Å². The maximum atomic E-state index is 12.3. The highest BCUT2D eigenvalue weighted by molar-refractivity contribution is 8.00. The van der Waals surface area contributed by atoms with Crippen LogP contribution in [0.2, 0.25) is 5.02 Å². The van der Waals surface area contributed by atoms with Crippen molar-refractivity contribution < 1.29 is 4.79 Å². The molecular formula is C18H21ClN2OS. The number of anilines is 1. The number of thioether (sulfide) groups is 1. The quantitative estimate of drug-likeness (QED) is 0.583. The number of hydrogen-bond acceptors (Lipinski definition) is 3. The maximum absolute atomic E-state index is 12.3. The lowest BCUT2D eigenvalue weighted by Gasteiger charge is -2.15. The molecule has 2 aromatic carbocycles. The lowest BCUT2D eigenvalue weighted by molar-refractivity contribution is -0.120. The molecule has 0 aliphatic carbocycles. The van der Waals surface area contributed by atoms with Crippen LogP contribution in [0.1, 0.15) is 18.9 Å². The summed E-state index contributed by atoms with van der Waals surface area (Å²) in [7, 11) is 0. The number of halogens is 1. The molecule has 1 amide bonds. The minimum absolute atomic E-state index is 0.0661. The molecule has 2 aromatic rings. The second-order valence-corrected chi connectivity index (χ2v) is 6.97. The second kappa shape index (κ2) is 8.85. The Morgan fingerprint density at radius 1 is 1.26 bits per heavy atom. The standard InChI is InChI=1S/C18H21ClN2OS/c1-2-17(23-16-8-6-15(20)7-9-16)18(22)21-11-10-13-4-3-5-14(19)12-13/h3-9,12,17H,2,10-11,20H2,1H3,(H,21,22). The van der Waals surface area contributed by atoms with Gasteiger partial charge in [-0.05, 0) is 54.8 Å². The Morgan fingerprint density at radius 2 is 2.00 bits per heavy atom. The molecule has 2 rings (SSSR count). The van der Waals surface area contributed by atoms with E-state index in [0.29, 0.717) is 6.54 Å². The Labute approximate surface area is 146 Å². The first kappa shape index (κ1) is 17.7. The van der Waals surface area contributed by atoms with Crippen LogP contribution in [0.5, 0.6) is 0 Å². The first-order valence-electron chi connectivity index (χ1n) is 7.63. The van der Waals surface area contributed by atoms with Crippen LogP contribution in [0.15, 0.2) is 53.4 Å². The summed E-state index contributed by atoms with van der Waals surface area (Å²) in [5.74, 6) is 0.0661. The smallest absolute Gasteiger partial charge is 0.233 e. The van der Waals surface area contributed by atoms with Crippen LogP contribution >= 0.6 is 23.4 Å². The van der Waals surface area contributed by atoms with Crippen LogP contribution in [0.4, 0.5) is 5.69 Å². The fourth-order valence-electron chi connectivity index (χ4n) is 2.17. The molecule has 0 aromatic heterocycles. The summed E-state index contributed by atoms with van der Waals surface area (Å²) in [6, 6.07) is 15.3. The number of nitrogen functional groups attached to an aromatic ring is 1. The van der Waals surface area contributed by atoms with Crippen molar-refractivity contribution in [3.05, 3.63) is 59.1 Å². The van der Waals surface area contributed by atoms with Gasteiger partial charge in [0.2, 0.25) is 5.91 Å². The molecule has 3 N–H and O–H groups in total. The molecule has 3 nitrogen and oxygen atoms in total. The van der Waals surface area contributed by atoms with Crippen LogP contribution < -0.4 is 11.1 Å². The molecule has 0 radical (unpaired) electrons. The minimum Gasteiger partial charge on any atom is -0.399 e. The van der Waals surface area contributed by atoms with Gasteiger partial charge < -0.3 is 11.1 Å². The highest BCUT2D eigenvalue weighted by atomic mass is 35.5. The monoisotopic (exact) mass is 348 g/mol. The van der Waals surface area contributed by atoms with Gasteiger partial charge in [-0.2, -0.15) is 0 Å². The highest BCUT2D eigenvalue weighted by Crippen LogP contribution is 2.26. The topological polar surface area (TPSA) is 55.1 Å². The summed E-state index contributed by atoms with van der Waals surface area (Å²) in [6.07, 6.45) is 1.55. The van der Waals surface area contributed by atoms with Crippen LogP contribution in [-0.2, 0) is 11.2 Å². The highest BCUT2D eigenvalue weighted by Gasteiger charge is 2.17. The summed E-state index contributed by atoms with van der Waals surface area (Å²) >= 11 is 7.53. The first-order valence-corrected chi connectivity index (χ1v) is 8.88. The van der Waals surface area contributed by atoms with Crippen LogP contribution in [0.25, 0.3) is 0 Å². The van der Waals surface area contributed by atoms with Gasteiger partial charge in [-0.15, -0.1) is 11.8 Å². The van der Waals surface area contributed by atoms with E-state index >= 15 is 0 Å². The predicted octanol–water partition coefficient (Wildman–Crippen LogP) is 4.15. The fraction of sp³-hybridized carbons (Fsp3) is 0.278. The summed E-state index contributed by atoms with van der Waals surface area (Å²) in [5.41, 5.74) is 7.54. The molecule has 1 atom stereocenters. The van der Waals surface area contributed by atoms with Crippen molar-refractivity contribution >= 4 is 35.0 Å². The Kier molecular flexibility index (Phi) is 6.81. The number of nitrogens with two attached hydrogens (primary N) is 1. The number of amides is 1. The SMILES string of the molecule is CCC(Sc1ccc(N)cc1)C(=O)NCCc1cccc(Cl)c1. The van der Waals surface area contributed by atoms with Crippen molar-refractivity contribution in [1.82, 2.24) is 5.32 Å². The molecule has 0 heterocycles. The normalized spacial score (nSPS) is 11.9. The van der Waals surface area contributed by atoms with Crippen LogP contribution in [-0.4, -0.2) is 17.7 Å². The van der Waals surface area contributed by atoms with E-state index in [1.54, 1.807) is 11.8 Å². The van der Waals surface area contributed by atoms with Gasteiger partial charge in [0.25, 0.3) is 0 Å². The van der Waals surface area contributed by atoms with Crippen LogP contribution in [0, 0.1) is 0 Å². The number of nitrogens with one attached hydrogen (secondary N) is 1. The molecule has 0 aliphatic rings. The van der Waals surface area contributed by atoms with Crippen molar-refractivity contribution in [2.75, 3.05) is 12.3 Å². The Balaban J connectivity index is 1.83. The Bertz CT molecular complexity index is 646. The van der Waals surface area contributed by atoms with Crippen molar-refractivity contribution in [3.63, 3.8) is 0 Å². The van der Waals surface area contributed by atoms with E-state index in [2.05, 4.69) is 5.32 Å². The van der Waals surface area contributed by atoms with E-state index in [1.807, 2.05) is 55.5 Å². The largest absolute Gasteiger partial charge is 0.399 e. The molecule has 0 saturated carbocycles. The number of hydrogen-bond donors (Lipinski definition) is 2. The summed E-state index contributed by atoms with van der Waals surface area (Å²) in [6.45, 7) is 2.63. The number of rotatable bonds is 7. The summed E-state index contributed by atoms with van der Waals surface area (Å²) in [4.78, 5) is 13.4. The third-order valence-electron chi connectivity index (χ3n) is 3.42. The lowest BCUT2D eigenvalue weighted by Crippen LogP contribution is -2.33. The predicted molar refractivity (Wildman–Crippen MR) is 99.0 cm³/mol. The van der Waals surface area contributed by atoms with E-state index in [1.165, 1.54) is 0 Å². The van der Waals surface area contributed by atoms with E-state index in [9.17, 15) is 4.79 Å². The van der Waals surface area contributed by atoms with Gasteiger partial charge in [0, 0.05) is 22.2 Å². The molecule has 0 aliphatic heterocycles. The fourth-order valence-corrected chi connectivity index (χ4v) is 3.36. The zero-order valence-electron chi connectivity index (χ0n) is 13.1. The maximum Gasteiger partial charge on any atom is 0.233 e. The third-order valence-corrected chi connectivity index (χ3v) is 5.03. The average molecular weight is 349 g/mol. The number of carbonyl (C=O) groups excluding carboxylic acids is 1. The molecule has 0 fully saturated rings. The van der Waals surface area contributed by atoms with Gasteiger partial charge >= 0.3 is 0 Å². The third kappa shape index (κ3) is 5.81. The van der Waals surface area contributed by atoms with Gasteiger partial charge in [-0.3, -0.25) is 4.79 Å². The van der Waals surface area contributed by atoms with E-state index in [0.717, 1.165) is 34.0 Å². The molecule has 0 bridgehead atoms. The molecule has 122 valence electrons. The Hall–Kier alpha value is -1.65. The van der Waals surface area contributed by atoms with Gasteiger partial charge in [0.1, 0.15) is 0 Å². The van der Waals surface area contributed by atoms with Crippen LogP contribution in [0.3, 0.4) is 0 Å². The van der Waals surface area contributed by atoms with E-state index in [-0.39, 0.29) is 11.2 Å². The first-order chi connectivity index (χ1) is 11.1. The van der Waals surface area contributed by atoms with Gasteiger partial charge in [0.05, 0.1) is 5.25 Å². The molecule has 0 saturated heterocycles. The van der Waals surface area contributed by atoms with Gasteiger partial charge in [-0.1, -0.05) is 30.7 Å². The Morgan fingerprint density at radius 3 is 2.65 bits per heavy atom. The number of carbonyl (C=O) groups is 1. The molecule has 5 heteroatoms.